The van der Waals surface area contributed by atoms with Crippen LogP contribution < -0.4 is 21.1 Å². The quantitative estimate of drug-likeness (QED) is 0.238. The van der Waals surface area contributed by atoms with Crippen LogP contribution in [0.15, 0.2) is 59.7 Å². The number of hydrogen-bond donors (Lipinski definition) is 4. The van der Waals surface area contributed by atoms with Gasteiger partial charge in [0.25, 0.3) is 5.56 Å². The highest BCUT2D eigenvalue weighted by molar-refractivity contribution is 5.95. The number of aliphatic hydroxyl groups is 1. The number of rotatable bonds is 6. The van der Waals surface area contributed by atoms with Crippen molar-refractivity contribution >= 4 is 39.7 Å². The first kappa shape index (κ1) is 27.8. The first-order chi connectivity index (χ1) is 20.4. The Morgan fingerprint density at radius 2 is 1.88 bits per heavy atom. The molecule has 1 aliphatic carbocycles. The van der Waals surface area contributed by atoms with E-state index >= 15 is 4.39 Å². The van der Waals surface area contributed by atoms with Crippen LogP contribution >= 0.6 is 0 Å². The molecule has 10 heteroatoms. The molecule has 1 saturated carbocycles. The summed E-state index contributed by atoms with van der Waals surface area (Å²) in [6.45, 7) is 3.62. The second-order valence-electron chi connectivity index (χ2n) is 11.4. The number of aliphatic hydroxyl groups excluding tert-OH is 1. The molecule has 2 unspecified atom stereocenters. The van der Waals surface area contributed by atoms with Gasteiger partial charge in [0.05, 0.1) is 40.3 Å². The van der Waals surface area contributed by atoms with Gasteiger partial charge in [-0.05, 0) is 74.1 Å². The van der Waals surface area contributed by atoms with E-state index < -0.39 is 5.82 Å². The molecule has 2 aliphatic rings. The number of pyridine rings is 3. The maximum atomic E-state index is 15.5. The number of fused-ring (bicyclic) bond motifs is 1. The number of halogens is 1. The Kier molecular flexibility index (Phi) is 7.88. The Labute approximate surface area is 243 Å². The van der Waals surface area contributed by atoms with Gasteiger partial charge in [-0.3, -0.25) is 9.59 Å². The average molecular weight is 571 g/mol. The summed E-state index contributed by atoms with van der Waals surface area (Å²) in [5, 5.41) is 16.2. The van der Waals surface area contributed by atoms with Crippen molar-refractivity contribution in [1.29, 1.82) is 0 Å². The minimum Gasteiger partial charge on any atom is -0.393 e. The number of carbonyl (C=O) groups excluding carboxylic acids is 1. The molecule has 42 heavy (non-hydrogen) atoms. The van der Waals surface area contributed by atoms with Gasteiger partial charge in [-0.15, -0.1) is 0 Å². The van der Waals surface area contributed by atoms with Gasteiger partial charge < -0.3 is 25.6 Å². The Balaban J connectivity index is 1.27. The molecule has 2 fully saturated rings. The van der Waals surface area contributed by atoms with Gasteiger partial charge in [0.1, 0.15) is 11.6 Å². The third-order valence-electron chi connectivity index (χ3n) is 8.53. The van der Waals surface area contributed by atoms with E-state index in [4.69, 9.17) is 0 Å². The lowest BCUT2D eigenvalue weighted by molar-refractivity contribution is -0.122. The van der Waals surface area contributed by atoms with Crippen molar-refractivity contribution in [2.24, 2.45) is 11.8 Å². The third kappa shape index (κ3) is 5.85. The number of aromatic nitrogens is 3. The maximum Gasteiger partial charge on any atom is 0.259 e. The minimum absolute atomic E-state index is 0.0641. The summed E-state index contributed by atoms with van der Waals surface area (Å²) in [5.41, 5.74) is 2.48. The molecule has 3 aromatic heterocycles. The smallest absolute Gasteiger partial charge is 0.259 e. The number of H-pyrrole nitrogens is 1. The number of amides is 1. The van der Waals surface area contributed by atoms with Gasteiger partial charge in [0.15, 0.2) is 0 Å². The molecule has 0 bridgehead atoms. The second kappa shape index (κ2) is 11.9. The lowest BCUT2D eigenvalue weighted by Gasteiger charge is -2.31. The molecule has 9 nitrogen and oxygen atoms in total. The van der Waals surface area contributed by atoms with E-state index in [1.165, 1.54) is 12.3 Å². The molecule has 2 atom stereocenters. The summed E-state index contributed by atoms with van der Waals surface area (Å²) < 4.78 is 15.5. The fourth-order valence-electron chi connectivity index (χ4n) is 6.08. The summed E-state index contributed by atoms with van der Waals surface area (Å²) in [7, 11) is 0. The highest BCUT2D eigenvalue weighted by atomic mass is 19.1. The van der Waals surface area contributed by atoms with Gasteiger partial charge in [0.2, 0.25) is 5.91 Å². The lowest BCUT2D eigenvalue weighted by Crippen LogP contribution is -2.35. The number of piperidine rings is 1. The van der Waals surface area contributed by atoms with Gasteiger partial charge in [-0.2, -0.15) is 0 Å². The minimum atomic E-state index is -0.527. The van der Waals surface area contributed by atoms with E-state index in [1.54, 1.807) is 30.5 Å². The van der Waals surface area contributed by atoms with E-state index in [0.29, 0.717) is 39.7 Å². The van der Waals surface area contributed by atoms with Crippen molar-refractivity contribution < 1.29 is 14.3 Å². The molecule has 4 heterocycles. The van der Waals surface area contributed by atoms with Crippen molar-refractivity contribution in [3.05, 3.63) is 71.0 Å². The number of carbonyl (C=O) groups is 1. The van der Waals surface area contributed by atoms with E-state index in [-0.39, 0.29) is 29.1 Å². The molecule has 1 aromatic carbocycles. The molecule has 4 N–H and O–H groups in total. The molecular weight excluding hydrogens is 535 g/mol. The summed E-state index contributed by atoms with van der Waals surface area (Å²) >= 11 is 0. The molecule has 1 amide bonds. The Morgan fingerprint density at radius 1 is 1.07 bits per heavy atom. The number of hydrogen-bond acceptors (Lipinski definition) is 7. The van der Waals surface area contributed by atoms with Gasteiger partial charge in [-0.25, -0.2) is 14.4 Å². The summed E-state index contributed by atoms with van der Waals surface area (Å²) in [6.07, 6.45) is 8.51. The monoisotopic (exact) mass is 570 g/mol. The standard InChI is InChI=1S/C32H35FN6O3/c1-19-4-2-3-5-23(19)31(41)36-20-6-8-24(25(33)16-20)27-17-28(30-26(37-27)10-13-34-32(30)42)38-29-9-7-21(18-35-29)39-14-11-22(40)12-15-39/h6-10,13,16-19,22-23,40H,2-5,11-12,14-15H2,1H3,(H,34,42)(H,36,41)(H,35,37,38). The predicted octanol–water partition coefficient (Wildman–Crippen LogP) is 5.59. The van der Waals surface area contributed by atoms with E-state index in [2.05, 4.69) is 37.4 Å². The Hall–Kier alpha value is -4.31. The number of anilines is 4. The van der Waals surface area contributed by atoms with Crippen LogP contribution in [0.4, 0.5) is 27.3 Å². The zero-order valence-corrected chi connectivity index (χ0v) is 23.6. The lowest BCUT2D eigenvalue weighted by atomic mass is 9.80. The zero-order chi connectivity index (χ0) is 29.2. The second-order valence-corrected chi connectivity index (χ2v) is 11.4. The van der Waals surface area contributed by atoms with Crippen molar-refractivity contribution in [2.45, 2.75) is 51.6 Å². The largest absolute Gasteiger partial charge is 0.393 e. The van der Waals surface area contributed by atoms with E-state index in [1.807, 2.05) is 12.1 Å². The Morgan fingerprint density at radius 3 is 2.62 bits per heavy atom. The molecule has 0 radical (unpaired) electrons. The predicted molar refractivity (Wildman–Crippen MR) is 162 cm³/mol. The molecule has 6 rings (SSSR count). The molecular formula is C32H35FN6O3. The summed E-state index contributed by atoms with van der Waals surface area (Å²) in [6, 6.07) is 11.7. The number of benzene rings is 1. The van der Waals surface area contributed by atoms with Crippen LogP contribution in [-0.4, -0.2) is 45.2 Å². The SMILES string of the molecule is CC1CCCCC1C(=O)Nc1ccc(-c2cc(Nc3ccc(N4CCC(O)CC4)cn3)c3c(=O)[nH]ccc3n2)c(F)c1. The van der Waals surface area contributed by atoms with E-state index in [9.17, 15) is 14.7 Å². The first-order valence-electron chi connectivity index (χ1n) is 14.6. The normalized spacial score (nSPS) is 19.5. The summed E-state index contributed by atoms with van der Waals surface area (Å²) in [4.78, 5) is 39.7. The highest BCUT2D eigenvalue weighted by Gasteiger charge is 2.28. The van der Waals surface area contributed by atoms with Crippen LogP contribution in [0.5, 0.6) is 0 Å². The molecule has 0 spiro atoms. The van der Waals surface area contributed by atoms with Crippen molar-refractivity contribution in [2.75, 3.05) is 28.6 Å². The van der Waals surface area contributed by atoms with Crippen LogP contribution in [0.3, 0.4) is 0 Å². The Bertz CT molecular complexity index is 1650. The first-order valence-corrected chi connectivity index (χ1v) is 14.6. The fourth-order valence-corrected chi connectivity index (χ4v) is 6.08. The van der Waals surface area contributed by atoms with E-state index in [0.717, 1.165) is 57.3 Å². The van der Waals surface area contributed by atoms with Gasteiger partial charge in [-0.1, -0.05) is 19.8 Å². The number of nitrogens with one attached hydrogen (secondary N) is 3. The van der Waals surface area contributed by atoms with Gasteiger partial charge in [0, 0.05) is 36.5 Å². The summed E-state index contributed by atoms with van der Waals surface area (Å²) in [5.74, 6) is 0.170. The van der Waals surface area contributed by atoms with Crippen LogP contribution in [0.25, 0.3) is 22.2 Å². The number of aromatic amines is 1. The van der Waals surface area contributed by atoms with Crippen molar-refractivity contribution in [1.82, 2.24) is 15.0 Å². The van der Waals surface area contributed by atoms with Crippen LogP contribution in [0, 0.1) is 17.7 Å². The van der Waals surface area contributed by atoms with Crippen LogP contribution in [-0.2, 0) is 4.79 Å². The van der Waals surface area contributed by atoms with Crippen LogP contribution in [0.1, 0.15) is 45.4 Å². The van der Waals surface area contributed by atoms with Crippen molar-refractivity contribution in [3.63, 3.8) is 0 Å². The molecule has 1 aliphatic heterocycles. The zero-order valence-electron chi connectivity index (χ0n) is 23.6. The number of nitrogens with zero attached hydrogens (tertiary/aromatic N) is 3. The topological polar surface area (TPSA) is 123 Å². The molecule has 218 valence electrons. The maximum absolute atomic E-state index is 15.5. The van der Waals surface area contributed by atoms with Crippen molar-refractivity contribution in [3.8, 4) is 11.3 Å². The molecule has 4 aromatic rings. The highest BCUT2D eigenvalue weighted by Crippen LogP contribution is 2.33. The fraction of sp³-hybridized carbons (Fsp3) is 0.375. The third-order valence-corrected chi connectivity index (χ3v) is 8.53. The van der Waals surface area contributed by atoms with Crippen LogP contribution in [0.2, 0.25) is 0 Å². The van der Waals surface area contributed by atoms with Gasteiger partial charge >= 0.3 is 0 Å². The average Bonchev–Trinajstić information content (AvgIpc) is 2.98. The molecule has 1 saturated heterocycles.